The highest BCUT2D eigenvalue weighted by Crippen LogP contribution is 2.17. The number of hydrogen-bond acceptors (Lipinski definition) is 6. The first-order valence-electron chi connectivity index (χ1n) is 5.42. The smallest absolute Gasteiger partial charge is 0.349 e. The summed E-state index contributed by atoms with van der Waals surface area (Å²) in [4.78, 5) is 27.6. The number of hydrogen-bond donors (Lipinski definition) is 4. The lowest BCUT2D eigenvalue weighted by atomic mass is 10.3. The number of imidazole rings is 1. The fraction of sp³-hybridized carbons (Fsp3) is 0. The van der Waals surface area contributed by atoms with Gasteiger partial charge in [-0.15, -0.1) is 12.6 Å². The van der Waals surface area contributed by atoms with Gasteiger partial charge in [0, 0.05) is 4.90 Å². The van der Waals surface area contributed by atoms with Gasteiger partial charge in [-0.1, -0.05) is 0 Å². The first-order chi connectivity index (χ1) is 9.41. The van der Waals surface area contributed by atoms with E-state index in [-0.39, 0.29) is 11.5 Å². The Kier molecular flexibility index (Phi) is 3.63. The molecule has 0 saturated heterocycles. The molecule has 6 N–H and O–H groups in total. The van der Waals surface area contributed by atoms with E-state index in [2.05, 4.69) is 17.6 Å². The molecule has 0 aliphatic carbocycles. The van der Waals surface area contributed by atoms with Crippen LogP contribution in [0.2, 0.25) is 0 Å². The number of amides is 2. The Morgan fingerprint density at radius 1 is 1.25 bits per heavy atom. The second kappa shape index (κ2) is 5.23. The number of primary amides is 1. The van der Waals surface area contributed by atoms with Gasteiger partial charge in [-0.2, -0.15) is 0 Å². The van der Waals surface area contributed by atoms with Gasteiger partial charge in [0.05, 0.1) is 5.69 Å². The summed E-state index contributed by atoms with van der Waals surface area (Å²) in [5, 5.41) is 0.871. The first kappa shape index (κ1) is 13.9. The van der Waals surface area contributed by atoms with Crippen molar-refractivity contribution in [3.8, 4) is 0 Å². The fourth-order valence-corrected chi connectivity index (χ4v) is 1.69. The number of aromatic nitrogens is 2. The van der Waals surface area contributed by atoms with Crippen LogP contribution < -0.4 is 22.3 Å². The van der Waals surface area contributed by atoms with Crippen molar-refractivity contribution in [2.24, 2.45) is 11.6 Å². The molecule has 1 aromatic heterocycles. The molecule has 2 aromatic rings. The van der Waals surface area contributed by atoms with Crippen LogP contribution in [0.5, 0.6) is 0 Å². The average molecular weight is 292 g/mol. The molecule has 0 atom stereocenters. The first-order valence-corrected chi connectivity index (χ1v) is 5.87. The number of hydrazine groups is 1. The zero-order chi connectivity index (χ0) is 14.9. The van der Waals surface area contributed by atoms with Crippen molar-refractivity contribution in [2.45, 2.75) is 4.90 Å². The lowest BCUT2D eigenvalue weighted by Crippen LogP contribution is -2.40. The summed E-state index contributed by atoms with van der Waals surface area (Å²) < 4.78 is 0.939. The maximum atomic E-state index is 12.2. The molecule has 0 fully saturated rings. The normalized spacial score (nSPS) is 10.3. The quantitative estimate of drug-likeness (QED) is 0.271. The van der Waals surface area contributed by atoms with Gasteiger partial charge in [0.1, 0.15) is 12.1 Å². The van der Waals surface area contributed by atoms with E-state index in [1.54, 1.807) is 24.3 Å². The molecule has 0 radical (unpaired) electrons. The maximum Gasteiger partial charge on any atom is 0.349 e. The van der Waals surface area contributed by atoms with Gasteiger partial charge in [-0.3, -0.25) is 4.79 Å². The molecule has 0 aliphatic rings. The number of nitrogen functional groups attached to an aromatic ring is 1. The van der Waals surface area contributed by atoms with Gasteiger partial charge >= 0.3 is 6.03 Å². The van der Waals surface area contributed by atoms with Gasteiger partial charge in [-0.25, -0.2) is 25.2 Å². The molecule has 0 unspecified atom stereocenters. The predicted molar refractivity (Wildman–Crippen MR) is 76.3 cm³/mol. The number of nitrogens with zero attached hydrogens (tertiary/aromatic N) is 3. The van der Waals surface area contributed by atoms with Crippen LogP contribution in [0.25, 0.3) is 0 Å². The maximum absolute atomic E-state index is 12.2. The summed E-state index contributed by atoms with van der Waals surface area (Å²) in [6, 6.07) is 5.91. The molecule has 104 valence electrons. The van der Waals surface area contributed by atoms with E-state index in [0.29, 0.717) is 5.69 Å². The number of benzene rings is 1. The van der Waals surface area contributed by atoms with Crippen molar-refractivity contribution in [3.63, 3.8) is 0 Å². The fourth-order valence-electron chi connectivity index (χ4n) is 1.54. The van der Waals surface area contributed by atoms with E-state index in [0.717, 1.165) is 20.8 Å². The van der Waals surface area contributed by atoms with E-state index in [1.807, 2.05) is 0 Å². The second-order valence-corrected chi connectivity index (χ2v) is 4.40. The van der Waals surface area contributed by atoms with Crippen molar-refractivity contribution < 1.29 is 9.59 Å². The van der Waals surface area contributed by atoms with Crippen LogP contribution in [0.1, 0.15) is 10.5 Å². The lowest BCUT2D eigenvalue weighted by Gasteiger charge is -2.17. The van der Waals surface area contributed by atoms with Crippen molar-refractivity contribution >= 4 is 36.1 Å². The standard InChI is InChI=1S/C11H12N6O2S/c12-9-8(10(13)18)15-5-16(9)11(19)17(14)6-1-3-7(20)4-2-6/h1-5,20H,12,14H2,(H2,13,18). The zero-order valence-electron chi connectivity index (χ0n) is 10.2. The molecule has 1 aromatic carbocycles. The van der Waals surface area contributed by atoms with Crippen LogP contribution in [0.15, 0.2) is 35.5 Å². The van der Waals surface area contributed by atoms with Crippen LogP contribution in [0.4, 0.5) is 16.3 Å². The minimum atomic E-state index is -0.822. The third-order valence-corrected chi connectivity index (χ3v) is 2.88. The molecule has 2 amide bonds. The highest BCUT2D eigenvalue weighted by Gasteiger charge is 2.20. The largest absolute Gasteiger partial charge is 0.383 e. The average Bonchev–Trinajstić information content (AvgIpc) is 2.80. The van der Waals surface area contributed by atoms with Crippen LogP contribution >= 0.6 is 12.6 Å². The molecule has 8 nitrogen and oxygen atoms in total. The molecule has 0 bridgehead atoms. The summed E-state index contributed by atoms with van der Waals surface area (Å²) in [5.41, 5.74) is 11.0. The number of anilines is 2. The SMILES string of the molecule is NC(=O)c1ncn(C(=O)N(N)c2ccc(S)cc2)c1N. The van der Waals surface area contributed by atoms with Gasteiger partial charge in [-0.05, 0) is 24.3 Å². The van der Waals surface area contributed by atoms with E-state index < -0.39 is 11.9 Å². The van der Waals surface area contributed by atoms with Crippen molar-refractivity contribution in [1.29, 1.82) is 0 Å². The molecule has 20 heavy (non-hydrogen) atoms. The summed E-state index contributed by atoms with van der Waals surface area (Å²) in [5.74, 6) is 4.73. The Labute approximate surface area is 119 Å². The Morgan fingerprint density at radius 2 is 1.85 bits per heavy atom. The van der Waals surface area contributed by atoms with Crippen LogP contribution in [-0.4, -0.2) is 21.5 Å². The molecule has 0 spiro atoms. The highest BCUT2D eigenvalue weighted by molar-refractivity contribution is 7.80. The minimum Gasteiger partial charge on any atom is -0.383 e. The zero-order valence-corrected chi connectivity index (χ0v) is 11.1. The van der Waals surface area contributed by atoms with Crippen LogP contribution in [0, 0.1) is 0 Å². The van der Waals surface area contributed by atoms with Gasteiger partial charge in [0.2, 0.25) is 0 Å². The van der Waals surface area contributed by atoms with E-state index in [1.165, 1.54) is 0 Å². The summed E-state index contributed by atoms with van der Waals surface area (Å²) in [6.07, 6.45) is 1.09. The molecule has 1 heterocycles. The Bertz CT molecular complexity index is 666. The highest BCUT2D eigenvalue weighted by atomic mass is 32.1. The third-order valence-electron chi connectivity index (χ3n) is 2.58. The van der Waals surface area contributed by atoms with Crippen LogP contribution in [0.3, 0.4) is 0 Å². The molecule has 9 heteroatoms. The molecular formula is C11H12N6O2S. The Hall–Kier alpha value is -2.52. The minimum absolute atomic E-state index is 0.163. The molecule has 2 rings (SSSR count). The number of nitrogens with two attached hydrogens (primary N) is 3. The number of thiol groups is 1. The van der Waals surface area contributed by atoms with E-state index in [4.69, 9.17) is 17.3 Å². The molecule has 0 aliphatic heterocycles. The van der Waals surface area contributed by atoms with Gasteiger partial charge < -0.3 is 11.5 Å². The summed E-state index contributed by atoms with van der Waals surface area (Å²) in [7, 11) is 0. The van der Waals surface area contributed by atoms with Crippen molar-refractivity contribution in [3.05, 3.63) is 36.3 Å². The van der Waals surface area contributed by atoms with E-state index >= 15 is 0 Å². The Morgan fingerprint density at radius 3 is 2.35 bits per heavy atom. The summed E-state index contributed by atoms with van der Waals surface area (Å²) in [6.45, 7) is 0. The third kappa shape index (κ3) is 2.44. The molecular weight excluding hydrogens is 280 g/mol. The van der Waals surface area contributed by atoms with E-state index in [9.17, 15) is 9.59 Å². The predicted octanol–water partition coefficient (Wildman–Crippen LogP) is 0.201. The number of rotatable bonds is 2. The summed E-state index contributed by atoms with van der Waals surface area (Å²) >= 11 is 4.13. The monoisotopic (exact) mass is 292 g/mol. The van der Waals surface area contributed by atoms with Gasteiger partial charge in [0.25, 0.3) is 5.91 Å². The number of carbonyl (C=O) groups is 2. The Balaban J connectivity index is 2.31. The number of carbonyl (C=O) groups excluding carboxylic acids is 2. The van der Waals surface area contributed by atoms with Gasteiger partial charge in [0.15, 0.2) is 5.69 Å². The molecule has 0 saturated carbocycles. The van der Waals surface area contributed by atoms with Crippen molar-refractivity contribution in [1.82, 2.24) is 9.55 Å². The van der Waals surface area contributed by atoms with Crippen LogP contribution in [-0.2, 0) is 0 Å². The van der Waals surface area contributed by atoms with Crippen molar-refractivity contribution in [2.75, 3.05) is 10.7 Å². The lowest BCUT2D eigenvalue weighted by molar-refractivity contribution is 0.0997. The topological polar surface area (TPSA) is 133 Å². The second-order valence-electron chi connectivity index (χ2n) is 3.88.